The molecular formula is C8H19NO8. The van der Waals surface area contributed by atoms with Gasteiger partial charge in [-0.3, -0.25) is 5.73 Å². The van der Waals surface area contributed by atoms with Crippen molar-refractivity contribution in [1.29, 1.82) is 0 Å². The molecule has 0 radical (unpaired) electrons. The molecule has 0 aromatic carbocycles. The summed E-state index contributed by atoms with van der Waals surface area (Å²) < 4.78 is 0. The molecule has 0 bridgehead atoms. The van der Waals surface area contributed by atoms with E-state index in [-0.39, 0.29) is 6.42 Å². The minimum Gasteiger partial charge on any atom is -0.370 e. The summed E-state index contributed by atoms with van der Waals surface area (Å²) in [5.74, 6) is -12.6. The van der Waals surface area contributed by atoms with E-state index in [0.29, 0.717) is 6.42 Å². The quantitative estimate of drug-likeness (QED) is 0.212. The fourth-order valence-corrected chi connectivity index (χ4v) is 1.16. The largest absolute Gasteiger partial charge is 0.370 e. The summed E-state index contributed by atoms with van der Waals surface area (Å²) in [5, 5.41) is 72.1. The van der Waals surface area contributed by atoms with Crippen LogP contribution in [0.4, 0.5) is 0 Å². The maximum absolute atomic E-state index is 9.50. The third kappa shape index (κ3) is 2.91. The molecule has 0 amide bonds. The van der Waals surface area contributed by atoms with Crippen LogP contribution < -0.4 is 5.73 Å². The van der Waals surface area contributed by atoms with Crippen LogP contribution >= 0.6 is 0 Å². The molecule has 0 aromatic rings. The van der Waals surface area contributed by atoms with Crippen LogP contribution in [-0.2, 0) is 0 Å². The summed E-state index contributed by atoms with van der Waals surface area (Å²) >= 11 is 0. The zero-order valence-electron chi connectivity index (χ0n) is 9.28. The van der Waals surface area contributed by atoms with Gasteiger partial charge in [-0.1, -0.05) is 13.3 Å². The molecule has 104 valence electrons. The van der Waals surface area contributed by atoms with E-state index in [2.05, 4.69) is 0 Å². The lowest BCUT2D eigenvalue weighted by Crippen LogP contribution is -2.78. The zero-order valence-corrected chi connectivity index (χ0v) is 9.28. The molecule has 9 heteroatoms. The molecule has 0 rings (SSSR count). The molecule has 0 aromatic heterocycles. The van der Waals surface area contributed by atoms with Crippen molar-refractivity contribution in [2.24, 2.45) is 5.73 Å². The third-order valence-corrected chi connectivity index (χ3v) is 2.47. The number of hydrogen-bond acceptors (Lipinski definition) is 9. The second kappa shape index (κ2) is 4.72. The number of rotatable bonds is 6. The number of hydrogen-bond donors (Lipinski definition) is 9. The van der Waals surface area contributed by atoms with E-state index in [1.165, 1.54) is 0 Å². The average molecular weight is 257 g/mol. The van der Waals surface area contributed by atoms with Crippen molar-refractivity contribution < 1.29 is 40.9 Å². The smallest absolute Gasteiger partial charge is 0.338 e. The second-order valence-corrected chi connectivity index (χ2v) is 4.01. The SMILES string of the molecule is CCCCC(N)(O)C(O)(O)C(O)(O)C(O)(O)O. The Bertz CT molecular complexity index is 257. The zero-order chi connectivity index (χ0) is 14.1. The Balaban J connectivity index is 5.24. The van der Waals surface area contributed by atoms with Gasteiger partial charge in [-0.2, -0.15) is 0 Å². The second-order valence-electron chi connectivity index (χ2n) is 4.01. The van der Waals surface area contributed by atoms with Crippen molar-refractivity contribution in [3.8, 4) is 0 Å². The van der Waals surface area contributed by atoms with Gasteiger partial charge in [0.15, 0.2) is 5.72 Å². The Kier molecular flexibility index (Phi) is 4.62. The van der Waals surface area contributed by atoms with Crippen LogP contribution in [0.1, 0.15) is 26.2 Å². The first-order chi connectivity index (χ1) is 7.31. The Hall–Kier alpha value is -0.360. The van der Waals surface area contributed by atoms with E-state index in [9.17, 15) is 15.3 Å². The van der Waals surface area contributed by atoms with Crippen LogP contribution in [0.25, 0.3) is 0 Å². The van der Waals surface area contributed by atoms with Crippen LogP contribution in [0.2, 0.25) is 0 Å². The fourth-order valence-electron chi connectivity index (χ4n) is 1.16. The van der Waals surface area contributed by atoms with Crippen molar-refractivity contribution in [1.82, 2.24) is 0 Å². The number of unbranched alkanes of at least 4 members (excludes halogenated alkanes) is 1. The average Bonchev–Trinajstić information content (AvgIpc) is 2.12. The molecule has 1 unspecified atom stereocenters. The van der Waals surface area contributed by atoms with Crippen LogP contribution in [0.3, 0.4) is 0 Å². The predicted molar refractivity (Wildman–Crippen MR) is 52.4 cm³/mol. The molecule has 9 nitrogen and oxygen atoms in total. The first kappa shape index (κ1) is 16.6. The molecule has 0 aliphatic heterocycles. The molecule has 0 saturated heterocycles. The highest BCUT2D eigenvalue weighted by atomic mass is 16.7. The van der Waals surface area contributed by atoms with Gasteiger partial charge in [0.1, 0.15) is 0 Å². The predicted octanol–water partition coefficient (Wildman–Crippen LogP) is -4.18. The number of aliphatic hydroxyl groups is 8. The number of nitrogens with two attached hydrogens (primary N) is 1. The molecule has 0 heterocycles. The van der Waals surface area contributed by atoms with E-state index in [1.807, 2.05) is 0 Å². The summed E-state index contributed by atoms with van der Waals surface area (Å²) in [6.45, 7) is 1.69. The minimum absolute atomic E-state index is 0.182. The monoisotopic (exact) mass is 257 g/mol. The van der Waals surface area contributed by atoms with E-state index in [1.54, 1.807) is 6.92 Å². The minimum atomic E-state index is -4.30. The van der Waals surface area contributed by atoms with Crippen LogP contribution in [0.5, 0.6) is 0 Å². The van der Waals surface area contributed by atoms with Gasteiger partial charge < -0.3 is 40.9 Å². The van der Waals surface area contributed by atoms with Gasteiger partial charge in [-0.05, 0) is 12.8 Å². The normalized spacial score (nSPS) is 18.0. The summed E-state index contributed by atoms with van der Waals surface area (Å²) in [5.41, 5.74) is 2.09. The van der Waals surface area contributed by atoms with E-state index >= 15 is 0 Å². The van der Waals surface area contributed by atoms with Crippen molar-refractivity contribution in [2.45, 2.75) is 49.5 Å². The lowest BCUT2D eigenvalue weighted by molar-refractivity contribution is -0.527. The summed E-state index contributed by atoms with van der Waals surface area (Å²) in [6.07, 6.45) is 0.179. The van der Waals surface area contributed by atoms with Crippen molar-refractivity contribution in [3.05, 3.63) is 0 Å². The van der Waals surface area contributed by atoms with E-state index in [4.69, 9.17) is 31.3 Å². The Labute approximate surface area is 97.0 Å². The van der Waals surface area contributed by atoms with Gasteiger partial charge in [0.25, 0.3) is 5.79 Å². The van der Waals surface area contributed by atoms with Crippen LogP contribution in [-0.4, -0.2) is 64.1 Å². The highest BCUT2D eigenvalue weighted by Crippen LogP contribution is 2.34. The molecule has 0 aliphatic carbocycles. The molecular weight excluding hydrogens is 238 g/mol. The molecule has 1 atom stereocenters. The van der Waals surface area contributed by atoms with Gasteiger partial charge in [-0.25, -0.2) is 0 Å². The van der Waals surface area contributed by atoms with E-state index in [0.717, 1.165) is 0 Å². The molecule has 0 fully saturated rings. The van der Waals surface area contributed by atoms with Crippen LogP contribution in [0.15, 0.2) is 0 Å². The van der Waals surface area contributed by atoms with Crippen molar-refractivity contribution in [3.63, 3.8) is 0 Å². The maximum atomic E-state index is 9.50. The van der Waals surface area contributed by atoms with Gasteiger partial charge in [0.05, 0.1) is 0 Å². The Morgan fingerprint density at radius 1 is 0.824 bits per heavy atom. The fraction of sp³-hybridized carbons (Fsp3) is 1.00. The lowest BCUT2D eigenvalue weighted by atomic mass is 9.88. The highest BCUT2D eigenvalue weighted by Gasteiger charge is 2.69. The maximum Gasteiger partial charge on any atom is 0.338 e. The molecule has 10 N–H and O–H groups in total. The van der Waals surface area contributed by atoms with Crippen LogP contribution in [0, 0.1) is 0 Å². The Morgan fingerprint density at radius 3 is 1.53 bits per heavy atom. The third-order valence-electron chi connectivity index (χ3n) is 2.47. The van der Waals surface area contributed by atoms with E-state index < -0.39 is 29.7 Å². The molecule has 17 heavy (non-hydrogen) atoms. The summed E-state index contributed by atoms with van der Waals surface area (Å²) in [6, 6.07) is 0. The first-order valence-electron chi connectivity index (χ1n) is 4.89. The topological polar surface area (TPSA) is 188 Å². The first-order valence-corrected chi connectivity index (χ1v) is 4.89. The molecule has 0 spiro atoms. The summed E-state index contributed by atoms with van der Waals surface area (Å²) in [7, 11) is 0. The Morgan fingerprint density at radius 2 is 1.24 bits per heavy atom. The summed E-state index contributed by atoms with van der Waals surface area (Å²) in [4.78, 5) is 0. The molecule has 0 saturated carbocycles. The lowest BCUT2D eigenvalue weighted by Gasteiger charge is -2.46. The van der Waals surface area contributed by atoms with Gasteiger partial charge in [0.2, 0.25) is 0 Å². The molecule has 0 aliphatic rings. The van der Waals surface area contributed by atoms with Gasteiger partial charge in [0, 0.05) is 0 Å². The standard InChI is InChI=1S/C8H19NO8/c1-2-3-4-5(9,10)6(11,12)7(13,14)8(15,16)17/h10-17H,2-4,9H2,1H3. The van der Waals surface area contributed by atoms with Gasteiger partial charge in [-0.15, -0.1) is 0 Å². The highest BCUT2D eigenvalue weighted by molar-refractivity contribution is 4.99. The van der Waals surface area contributed by atoms with Crippen molar-refractivity contribution >= 4 is 0 Å². The van der Waals surface area contributed by atoms with Crippen molar-refractivity contribution in [2.75, 3.05) is 0 Å². The van der Waals surface area contributed by atoms with Gasteiger partial charge >= 0.3 is 11.8 Å².